The summed E-state index contributed by atoms with van der Waals surface area (Å²) in [5.41, 5.74) is 4.78. The monoisotopic (exact) mass is 304 g/mol. The van der Waals surface area contributed by atoms with E-state index in [2.05, 4.69) is 0 Å². The van der Waals surface area contributed by atoms with Crippen LogP contribution in [0.15, 0.2) is 0 Å². The molecule has 0 fully saturated rings. The van der Waals surface area contributed by atoms with Crippen LogP contribution in [0.25, 0.3) is 0 Å². The number of hydrogen-bond donors (Lipinski definition) is 4. The molecule has 0 aliphatic rings. The molecular formula is C6H12N2O8S2. The highest BCUT2D eigenvalue weighted by atomic mass is 32.2. The van der Waals surface area contributed by atoms with Gasteiger partial charge in [-0.25, -0.2) is 0 Å². The van der Waals surface area contributed by atoms with Crippen LogP contribution in [0, 0.1) is 0 Å². The van der Waals surface area contributed by atoms with Gasteiger partial charge in [0.1, 0.15) is 11.8 Å². The first kappa shape index (κ1) is 16.8. The maximum absolute atomic E-state index is 11.1. The first-order valence-corrected chi connectivity index (χ1v) is 7.61. The molecule has 0 aliphatic heterocycles. The van der Waals surface area contributed by atoms with Gasteiger partial charge in [0.05, 0.1) is 5.75 Å². The van der Waals surface area contributed by atoms with Crippen LogP contribution in [0.5, 0.6) is 0 Å². The molecule has 0 rings (SSSR count). The van der Waals surface area contributed by atoms with Crippen LogP contribution in [0.2, 0.25) is 0 Å². The van der Waals surface area contributed by atoms with Crippen LogP contribution in [0.1, 0.15) is 6.42 Å². The third kappa shape index (κ3) is 8.86. The second-order valence-corrected chi connectivity index (χ2v) is 6.38. The molecule has 0 saturated heterocycles. The molecule has 0 saturated carbocycles. The zero-order chi connectivity index (χ0) is 14.6. The van der Waals surface area contributed by atoms with E-state index in [1.165, 1.54) is 0 Å². The summed E-state index contributed by atoms with van der Waals surface area (Å²) in [5.74, 6) is -4.25. The van der Waals surface area contributed by atoms with Crippen molar-refractivity contribution in [2.45, 2.75) is 12.5 Å². The lowest BCUT2D eigenvalue weighted by molar-refractivity contribution is -0.126. The highest BCUT2D eigenvalue weighted by molar-refractivity contribution is 7.86. The van der Waals surface area contributed by atoms with Crippen LogP contribution >= 0.6 is 0 Å². The van der Waals surface area contributed by atoms with E-state index in [-0.39, 0.29) is 0 Å². The Bertz CT molecular complexity index is 522. The van der Waals surface area contributed by atoms with Crippen molar-refractivity contribution in [1.29, 1.82) is 0 Å². The third-order valence-electron chi connectivity index (χ3n) is 1.64. The molecule has 0 spiro atoms. The van der Waals surface area contributed by atoms with Crippen LogP contribution in [-0.2, 0) is 29.8 Å². The van der Waals surface area contributed by atoms with Crippen molar-refractivity contribution in [2.24, 2.45) is 5.73 Å². The number of carbonyl (C=O) groups is 2. The number of rotatable bonds is 7. The lowest BCUT2D eigenvalue weighted by Crippen LogP contribution is -2.48. The quantitative estimate of drug-likeness (QED) is 0.362. The zero-order valence-electron chi connectivity index (χ0n) is 8.94. The summed E-state index contributed by atoms with van der Waals surface area (Å²) in [4.78, 5) is 21.9. The number of nitrogens with two attached hydrogens (primary N) is 1. The smallest absolute Gasteiger partial charge is 0.267 e. The molecule has 106 valence electrons. The Balaban J connectivity index is 4.52. The third-order valence-corrected chi connectivity index (χ3v) is 3.12. The first-order chi connectivity index (χ1) is 7.91. The summed E-state index contributed by atoms with van der Waals surface area (Å²) in [6.07, 6.45) is -0.686. The maximum atomic E-state index is 11.1. The summed E-state index contributed by atoms with van der Waals surface area (Å²) < 4.78 is 58.5. The van der Waals surface area contributed by atoms with E-state index in [0.29, 0.717) is 0 Å². The molecule has 10 nitrogen and oxygen atoms in total. The Hall–Kier alpha value is -1.24. The van der Waals surface area contributed by atoms with E-state index in [9.17, 15) is 26.4 Å². The minimum Gasteiger partial charge on any atom is -0.368 e. The highest BCUT2D eigenvalue weighted by Crippen LogP contribution is 1.94. The average Bonchev–Trinajstić information content (AvgIpc) is 2.10. The fraction of sp³-hybridized carbons (Fsp3) is 0.667. The van der Waals surface area contributed by atoms with Crippen molar-refractivity contribution in [2.75, 3.05) is 11.5 Å². The van der Waals surface area contributed by atoms with Crippen molar-refractivity contribution in [3.05, 3.63) is 0 Å². The topological polar surface area (TPSA) is 181 Å². The minimum absolute atomic E-state index is 0.686. The largest absolute Gasteiger partial charge is 0.368 e. The Morgan fingerprint density at radius 3 is 1.94 bits per heavy atom. The second kappa shape index (κ2) is 6.08. The molecule has 0 bridgehead atoms. The first-order valence-electron chi connectivity index (χ1n) is 4.40. The normalized spacial score (nSPS) is 13.9. The Labute approximate surface area is 103 Å². The Kier molecular flexibility index (Phi) is 5.66. The van der Waals surface area contributed by atoms with Crippen LogP contribution in [-0.4, -0.2) is 55.3 Å². The van der Waals surface area contributed by atoms with E-state index < -0.39 is 56.0 Å². The molecule has 2 amide bonds. The van der Waals surface area contributed by atoms with Gasteiger partial charge in [0.15, 0.2) is 0 Å². The summed E-state index contributed by atoms with van der Waals surface area (Å²) in [5, 5.41) is 1.82. The van der Waals surface area contributed by atoms with Gasteiger partial charge >= 0.3 is 0 Å². The summed E-state index contributed by atoms with van der Waals surface area (Å²) in [6.45, 7) is 0. The van der Waals surface area contributed by atoms with Gasteiger partial charge in [0.25, 0.3) is 20.2 Å². The summed E-state index contributed by atoms with van der Waals surface area (Å²) >= 11 is 0. The van der Waals surface area contributed by atoms with E-state index in [0.717, 1.165) is 0 Å². The van der Waals surface area contributed by atoms with Crippen LogP contribution in [0.3, 0.4) is 0 Å². The molecule has 0 heterocycles. The molecule has 12 heteroatoms. The predicted molar refractivity (Wildman–Crippen MR) is 58.6 cm³/mol. The van der Waals surface area contributed by atoms with Crippen molar-refractivity contribution < 1.29 is 35.5 Å². The fourth-order valence-corrected chi connectivity index (χ4v) is 2.01. The van der Waals surface area contributed by atoms with E-state index >= 15 is 0 Å². The van der Waals surface area contributed by atoms with Gasteiger partial charge in [-0.3, -0.25) is 18.7 Å². The highest BCUT2D eigenvalue weighted by Gasteiger charge is 2.24. The van der Waals surface area contributed by atoms with Gasteiger partial charge in [-0.2, -0.15) is 16.8 Å². The molecule has 0 radical (unpaired) electrons. The maximum Gasteiger partial charge on any atom is 0.267 e. The van der Waals surface area contributed by atoms with Crippen molar-refractivity contribution in [1.82, 2.24) is 5.32 Å². The molecule has 0 unspecified atom stereocenters. The number of primary amides is 1. The Morgan fingerprint density at radius 1 is 1.11 bits per heavy atom. The van der Waals surface area contributed by atoms with Gasteiger partial charge < -0.3 is 11.1 Å². The fourth-order valence-electron chi connectivity index (χ4n) is 0.894. The van der Waals surface area contributed by atoms with Gasteiger partial charge in [-0.15, -0.1) is 0 Å². The summed E-state index contributed by atoms with van der Waals surface area (Å²) in [6, 6.07) is -1.69. The predicted octanol–water partition coefficient (Wildman–Crippen LogP) is -2.88. The molecular weight excluding hydrogens is 292 g/mol. The molecule has 0 aromatic heterocycles. The van der Waals surface area contributed by atoms with Gasteiger partial charge in [-0.05, 0) is 0 Å². The van der Waals surface area contributed by atoms with Gasteiger partial charge in [0, 0.05) is 6.42 Å². The molecule has 1 atom stereocenters. The molecule has 18 heavy (non-hydrogen) atoms. The molecule has 5 N–H and O–H groups in total. The van der Waals surface area contributed by atoms with Gasteiger partial charge in [0.2, 0.25) is 11.8 Å². The molecule has 0 aromatic rings. The molecule has 0 aliphatic carbocycles. The molecule has 0 aromatic carbocycles. The minimum atomic E-state index is -4.54. The standard InChI is InChI=1S/C6H12N2O8S2/c7-6(10)4(3-18(14,15)16)8-5(9)1-2-17(11,12)13/h4H,1-3H2,(H2,7,10)(H,8,9)(H,11,12,13)(H,14,15,16)/t4-/m1/s1. The summed E-state index contributed by atoms with van der Waals surface area (Å²) in [7, 11) is -8.90. The Morgan fingerprint density at radius 2 is 1.61 bits per heavy atom. The second-order valence-electron chi connectivity index (χ2n) is 3.31. The van der Waals surface area contributed by atoms with Gasteiger partial charge in [-0.1, -0.05) is 0 Å². The van der Waals surface area contributed by atoms with E-state index in [4.69, 9.17) is 14.8 Å². The van der Waals surface area contributed by atoms with Crippen molar-refractivity contribution in [3.8, 4) is 0 Å². The zero-order valence-corrected chi connectivity index (χ0v) is 10.6. The van der Waals surface area contributed by atoms with Crippen molar-refractivity contribution in [3.63, 3.8) is 0 Å². The van der Waals surface area contributed by atoms with E-state index in [1.807, 2.05) is 5.32 Å². The van der Waals surface area contributed by atoms with E-state index in [1.54, 1.807) is 0 Å². The van der Waals surface area contributed by atoms with Crippen LogP contribution in [0.4, 0.5) is 0 Å². The average molecular weight is 304 g/mol. The number of nitrogens with one attached hydrogen (secondary N) is 1. The number of hydrogen-bond acceptors (Lipinski definition) is 6. The lowest BCUT2D eigenvalue weighted by atomic mass is 10.3. The SMILES string of the molecule is NC(=O)[C@@H](CS(=O)(=O)O)NC(=O)CCS(=O)(=O)O. The lowest BCUT2D eigenvalue weighted by Gasteiger charge is -2.13. The number of carbonyl (C=O) groups excluding carboxylic acids is 2. The van der Waals surface area contributed by atoms with Crippen molar-refractivity contribution >= 4 is 32.1 Å². The van der Waals surface area contributed by atoms with Crippen LogP contribution < -0.4 is 11.1 Å². The number of amides is 2.